The number of hydrogen-bond donors (Lipinski definition) is 1. The molecule has 0 aliphatic rings. The molecule has 1 N–H and O–H groups in total. The molecule has 0 saturated heterocycles. The Balaban J connectivity index is 1.59. The highest BCUT2D eigenvalue weighted by Gasteiger charge is 2.24. The summed E-state index contributed by atoms with van der Waals surface area (Å²) in [6.45, 7) is 9.07. The Morgan fingerprint density at radius 3 is 2.57 bits per heavy atom. The first-order valence-corrected chi connectivity index (χ1v) is 11.3. The molecule has 1 heterocycles. The van der Waals surface area contributed by atoms with Crippen LogP contribution >= 0.6 is 11.3 Å². The van der Waals surface area contributed by atoms with E-state index in [2.05, 4.69) is 55.3 Å². The molecule has 0 aliphatic carbocycles. The van der Waals surface area contributed by atoms with E-state index in [9.17, 15) is 4.79 Å². The first-order chi connectivity index (χ1) is 14.4. The molecule has 0 fully saturated rings. The Kier molecular flexibility index (Phi) is 7.27. The van der Waals surface area contributed by atoms with Crippen molar-refractivity contribution in [3.8, 4) is 16.3 Å². The molecular weight excluding hydrogens is 392 g/mol. The summed E-state index contributed by atoms with van der Waals surface area (Å²) in [6, 6.07) is 18.4. The van der Waals surface area contributed by atoms with E-state index in [-0.39, 0.29) is 23.8 Å². The van der Waals surface area contributed by atoms with Crippen molar-refractivity contribution >= 4 is 17.2 Å². The van der Waals surface area contributed by atoms with Gasteiger partial charge < -0.3 is 10.1 Å². The van der Waals surface area contributed by atoms with Crippen LogP contribution in [0, 0.1) is 0 Å². The van der Waals surface area contributed by atoms with Gasteiger partial charge in [0.05, 0.1) is 24.3 Å². The first kappa shape index (κ1) is 22.0. The molecule has 1 atom stereocenters. The summed E-state index contributed by atoms with van der Waals surface area (Å²) in [7, 11) is 0. The number of nitrogens with one attached hydrogen (secondary N) is 1. The predicted molar refractivity (Wildman–Crippen MR) is 124 cm³/mol. The Morgan fingerprint density at radius 2 is 1.83 bits per heavy atom. The zero-order valence-corrected chi connectivity index (χ0v) is 19.0. The second kappa shape index (κ2) is 9.90. The van der Waals surface area contributed by atoms with Crippen LogP contribution in [0.5, 0.6) is 5.75 Å². The number of rotatable bonds is 9. The van der Waals surface area contributed by atoms with Crippen molar-refractivity contribution in [2.45, 2.75) is 52.0 Å². The zero-order valence-electron chi connectivity index (χ0n) is 18.1. The number of nitrogens with zero attached hydrogens (tertiary/aromatic N) is 1. The van der Waals surface area contributed by atoms with Gasteiger partial charge in [-0.25, -0.2) is 4.98 Å². The summed E-state index contributed by atoms with van der Waals surface area (Å²) in [4.78, 5) is 17.3. The molecule has 3 rings (SSSR count). The van der Waals surface area contributed by atoms with Gasteiger partial charge in [-0.1, -0.05) is 56.3 Å². The van der Waals surface area contributed by atoms with Crippen LogP contribution in [-0.4, -0.2) is 23.5 Å². The third kappa shape index (κ3) is 5.70. The molecule has 0 saturated carbocycles. The normalized spacial score (nSPS) is 12.4. The molecule has 158 valence electrons. The lowest BCUT2D eigenvalue weighted by Crippen LogP contribution is -2.38. The van der Waals surface area contributed by atoms with Crippen LogP contribution < -0.4 is 10.1 Å². The molecular formula is C25H30N2O2S. The van der Waals surface area contributed by atoms with Crippen molar-refractivity contribution in [3.63, 3.8) is 0 Å². The highest BCUT2D eigenvalue weighted by molar-refractivity contribution is 7.13. The van der Waals surface area contributed by atoms with Crippen molar-refractivity contribution in [1.82, 2.24) is 10.3 Å². The van der Waals surface area contributed by atoms with Crippen molar-refractivity contribution in [2.24, 2.45) is 0 Å². The van der Waals surface area contributed by atoms with Crippen LogP contribution in [0.15, 0.2) is 60.0 Å². The molecule has 1 aromatic heterocycles. The van der Waals surface area contributed by atoms with Gasteiger partial charge in [-0.2, -0.15) is 0 Å². The minimum atomic E-state index is -0.00918. The summed E-state index contributed by atoms with van der Waals surface area (Å²) < 4.78 is 5.70. The summed E-state index contributed by atoms with van der Waals surface area (Å²) in [5.74, 6) is 0.823. The predicted octanol–water partition coefficient (Wildman–Crippen LogP) is 5.62. The van der Waals surface area contributed by atoms with Crippen LogP contribution in [0.3, 0.4) is 0 Å². The van der Waals surface area contributed by atoms with Crippen LogP contribution in [0.25, 0.3) is 10.6 Å². The van der Waals surface area contributed by atoms with E-state index < -0.39 is 0 Å². The Hall–Kier alpha value is -2.66. The summed E-state index contributed by atoms with van der Waals surface area (Å²) in [5, 5.41) is 5.97. The number of ether oxygens (including phenoxy) is 1. The second-order valence-electron chi connectivity index (χ2n) is 8.17. The third-order valence-corrected chi connectivity index (χ3v) is 6.01. The molecule has 5 heteroatoms. The first-order valence-electron chi connectivity index (χ1n) is 10.4. The number of aromatic nitrogens is 1. The lowest BCUT2D eigenvalue weighted by molar-refractivity contribution is -0.121. The monoisotopic (exact) mass is 422 g/mol. The fraction of sp³-hybridized carbons (Fsp3) is 0.360. The Morgan fingerprint density at radius 1 is 1.13 bits per heavy atom. The molecule has 1 unspecified atom stereocenters. The van der Waals surface area contributed by atoms with Gasteiger partial charge in [0.2, 0.25) is 5.91 Å². The van der Waals surface area contributed by atoms with Gasteiger partial charge in [-0.3, -0.25) is 4.79 Å². The number of carbonyl (C=O) groups is 1. The van der Waals surface area contributed by atoms with Crippen LogP contribution in [0.2, 0.25) is 0 Å². The molecule has 30 heavy (non-hydrogen) atoms. The maximum absolute atomic E-state index is 12.6. The number of benzene rings is 2. The molecule has 3 aromatic rings. The van der Waals surface area contributed by atoms with E-state index in [1.165, 1.54) is 16.9 Å². The minimum absolute atomic E-state index is 0.00121. The van der Waals surface area contributed by atoms with E-state index in [4.69, 9.17) is 4.74 Å². The van der Waals surface area contributed by atoms with Gasteiger partial charge in [-0.05, 0) is 43.4 Å². The number of amides is 1. The van der Waals surface area contributed by atoms with Gasteiger partial charge in [0.25, 0.3) is 0 Å². The maximum Gasteiger partial charge on any atom is 0.226 e. The smallest absolute Gasteiger partial charge is 0.226 e. The molecule has 1 amide bonds. The number of carbonyl (C=O) groups excluding carboxylic acids is 1. The maximum atomic E-state index is 12.6. The highest BCUT2D eigenvalue weighted by Crippen LogP contribution is 2.32. The highest BCUT2D eigenvalue weighted by atomic mass is 32.1. The fourth-order valence-corrected chi connectivity index (χ4v) is 4.60. The standard InChI is InChI=1S/C25H30N2O2S/c1-5-29-22-14-10-9-13-21(22)24-27-20(17-30-24)15-23(28)26-18(2)16-25(3,4)19-11-7-6-8-12-19/h6-14,17-18H,5,15-16H2,1-4H3,(H,26,28). The average Bonchev–Trinajstić information content (AvgIpc) is 3.17. The van der Waals surface area contributed by atoms with Gasteiger partial charge in [-0.15, -0.1) is 11.3 Å². The number of para-hydroxylation sites is 1. The van der Waals surface area contributed by atoms with E-state index >= 15 is 0 Å². The number of hydrogen-bond acceptors (Lipinski definition) is 4. The van der Waals surface area contributed by atoms with Gasteiger partial charge in [0.1, 0.15) is 10.8 Å². The topological polar surface area (TPSA) is 51.2 Å². The molecule has 0 spiro atoms. The number of thiazole rings is 1. The quantitative estimate of drug-likeness (QED) is 0.487. The van der Waals surface area contributed by atoms with Gasteiger partial charge in [0.15, 0.2) is 0 Å². The van der Waals surface area contributed by atoms with Gasteiger partial charge >= 0.3 is 0 Å². The minimum Gasteiger partial charge on any atom is -0.493 e. The lowest BCUT2D eigenvalue weighted by atomic mass is 9.79. The summed E-state index contributed by atoms with van der Waals surface area (Å²) in [6.07, 6.45) is 1.15. The second-order valence-corrected chi connectivity index (χ2v) is 9.03. The van der Waals surface area contributed by atoms with E-state index in [0.717, 1.165) is 28.4 Å². The Bertz CT molecular complexity index is 966. The SMILES string of the molecule is CCOc1ccccc1-c1nc(CC(=O)NC(C)CC(C)(C)c2ccccc2)cs1. The van der Waals surface area contributed by atoms with Crippen molar-refractivity contribution < 1.29 is 9.53 Å². The van der Waals surface area contributed by atoms with Crippen molar-refractivity contribution in [2.75, 3.05) is 6.61 Å². The molecule has 4 nitrogen and oxygen atoms in total. The fourth-order valence-electron chi connectivity index (χ4n) is 3.75. The average molecular weight is 423 g/mol. The van der Waals surface area contributed by atoms with E-state index in [1.54, 1.807) is 0 Å². The Labute approximate surface area is 183 Å². The molecule has 0 aliphatic heterocycles. The molecule has 0 radical (unpaired) electrons. The van der Waals surface area contributed by atoms with Crippen molar-refractivity contribution in [1.29, 1.82) is 0 Å². The molecule has 2 aromatic carbocycles. The molecule has 0 bridgehead atoms. The van der Waals surface area contributed by atoms with E-state index in [1.807, 2.05) is 42.6 Å². The van der Waals surface area contributed by atoms with Gasteiger partial charge in [0, 0.05) is 11.4 Å². The summed E-state index contributed by atoms with van der Waals surface area (Å²) >= 11 is 1.54. The summed E-state index contributed by atoms with van der Waals surface area (Å²) in [5.41, 5.74) is 3.02. The zero-order chi connectivity index (χ0) is 21.6. The van der Waals surface area contributed by atoms with Crippen molar-refractivity contribution in [3.05, 3.63) is 71.2 Å². The van der Waals surface area contributed by atoms with Crippen LogP contribution in [0.4, 0.5) is 0 Å². The largest absolute Gasteiger partial charge is 0.493 e. The van der Waals surface area contributed by atoms with E-state index in [0.29, 0.717) is 6.61 Å². The lowest BCUT2D eigenvalue weighted by Gasteiger charge is -2.29. The van der Waals surface area contributed by atoms with Crippen LogP contribution in [-0.2, 0) is 16.6 Å². The third-order valence-electron chi connectivity index (χ3n) is 5.09. The van der Waals surface area contributed by atoms with Crippen LogP contribution in [0.1, 0.15) is 45.4 Å².